The van der Waals surface area contributed by atoms with Crippen LogP contribution in [-0.2, 0) is 0 Å². The Morgan fingerprint density at radius 2 is 0.827 bits per heavy atom. The van der Waals surface area contributed by atoms with E-state index in [1.807, 2.05) is 12.1 Å². The van der Waals surface area contributed by atoms with Crippen LogP contribution in [0.4, 0.5) is 39.8 Å². The molecule has 0 aliphatic heterocycles. The second kappa shape index (κ2) is 13.7. The first-order valence-corrected chi connectivity index (χ1v) is 17.6. The molecular weight excluding hydrogens is 633 g/mol. The first-order valence-electron chi connectivity index (χ1n) is 17.6. The Hall–Kier alpha value is -7.04. The predicted octanol–water partition coefficient (Wildman–Crippen LogP) is 13.4. The van der Waals surface area contributed by atoms with Crippen molar-refractivity contribution in [2.24, 2.45) is 0 Å². The zero-order valence-corrected chi connectivity index (χ0v) is 28.5. The van der Waals surface area contributed by atoms with Crippen LogP contribution in [0.5, 0.6) is 0 Å². The minimum absolute atomic E-state index is 0.979. The van der Waals surface area contributed by atoms with Crippen LogP contribution in [0.2, 0.25) is 0 Å². The van der Waals surface area contributed by atoms with Gasteiger partial charge in [0.25, 0.3) is 0 Å². The van der Waals surface area contributed by atoms with Gasteiger partial charge in [0.1, 0.15) is 0 Å². The van der Waals surface area contributed by atoms with E-state index in [1.54, 1.807) is 0 Å². The molecule has 0 fully saturated rings. The van der Waals surface area contributed by atoms with Crippen molar-refractivity contribution in [2.45, 2.75) is 0 Å². The Morgan fingerprint density at radius 1 is 0.327 bits per heavy atom. The highest BCUT2D eigenvalue weighted by Gasteiger charge is 2.19. The van der Waals surface area contributed by atoms with Gasteiger partial charge in [0, 0.05) is 50.6 Å². The Morgan fingerprint density at radius 3 is 1.46 bits per heavy atom. The molecule has 4 heteroatoms. The van der Waals surface area contributed by atoms with E-state index in [9.17, 15) is 0 Å². The lowest BCUT2D eigenvalue weighted by Gasteiger charge is -2.27. The molecule has 248 valence electrons. The van der Waals surface area contributed by atoms with Gasteiger partial charge in [0.05, 0.1) is 16.7 Å². The lowest BCUT2D eigenvalue weighted by Crippen LogP contribution is -2.11. The standard InChI is InChI=1S/C48H36N4/c1-5-15-35(16-6-1)36-25-27-42(28-26-36)51(43-29-30-46-45-23-13-14-24-47(45)52(48(46)34-43)41-21-11-4-12-22-41)44-32-39(49-37-17-7-2-8-18-37)31-40(33-44)50-38-19-9-3-10-20-38/h1-34,49-50H. The fraction of sp³-hybridized carbons (Fsp3) is 0. The molecule has 0 saturated heterocycles. The molecule has 0 spiro atoms. The number of nitrogens with zero attached hydrogens (tertiary/aromatic N) is 2. The molecule has 1 heterocycles. The normalized spacial score (nSPS) is 11.1. The minimum Gasteiger partial charge on any atom is -0.355 e. The van der Waals surface area contributed by atoms with Gasteiger partial charge in [-0.1, -0.05) is 121 Å². The van der Waals surface area contributed by atoms with E-state index < -0.39 is 0 Å². The third kappa shape index (κ3) is 6.14. The first kappa shape index (κ1) is 31.0. The molecule has 1 aromatic heterocycles. The smallest absolute Gasteiger partial charge is 0.0561 e. The number of para-hydroxylation sites is 4. The number of hydrogen-bond acceptors (Lipinski definition) is 3. The fourth-order valence-corrected chi connectivity index (χ4v) is 7.09. The molecule has 8 aromatic carbocycles. The summed E-state index contributed by atoms with van der Waals surface area (Å²) in [6, 6.07) is 72.8. The molecular formula is C48H36N4. The molecule has 0 unspecified atom stereocenters. The summed E-state index contributed by atoms with van der Waals surface area (Å²) in [6.45, 7) is 0. The van der Waals surface area contributed by atoms with Crippen molar-refractivity contribution >= 4 is 61.6 Å². The highest BCUT2D eigenvalue weighted by molar-refractivity contribution is 6.10. The SMILES string of the molecule is c1ccc(Nc2cc(Nc3ccccc3)cc(N(c3ccc(-c4ccccc4)cc3)c3ccc4c5ccccc5n(-c5ccccc5)c4c3)c2)cc1. The van der Waals surface area contributed by atoms with Crippen LogP contribution in [0.15, 0.2) is 206 Å². The molecule has 0 aliphatic carbocycles. The minimum atomic E-state index is 0.979. The van der Waals surface area contributed by atoms with E-state index in [1.165, 1.54) is 27.4 Å². The fourth-order valence-electron chi connectivity index (χ4n) is 7.09. The molecule has 0 saturated carbocycles. The molecule has 0 radical (unpaired) electrons. The number of anilines is 7. The van der Waals surface area contributed by atoms with Gasteiger partial charge >= 0.3 is 0 Å². The largest absolute Gasteiger partial charge is 0.355 e. The summed E-state index contributed by atoms with van der Waals surface area (Å²) < 4.78 is 2.38. The Labute approximate surface area is 303 Å². The quantitative estimate of drug-likeness (QED) is 0.161. The Balaban J connectivity index is 1.25. The van der Waals surface area contributed by atoms with Gasteiger partial charge in [-0.3, -0.25) is 0 Å². The second-order valence-corrected chi connectivity index (χ2v) is 12.9. The summed E-state index contributed by atoms with van der Waals surface area (Å²) in [5.41, 5.74) is 13.0. The van der Waals surface area contributed by atoms with Crippen molar-refractivity contribution in [3.8, 4) is 16.8 Å². The number of fused-ring (bicyclic) bond motifs is 3. The zero-order valence-electron chi connectivity index (χ0n) is 28.5. The summed E-state index contributed by atoms with van der Waals surface area (Å²) >= 11 is 0. The van der Waals surface area contributed by atoms with Crippen LogP contribution < -0.4 is 15.5 Å². The van der Waals surface area contributed by atoms with Gasteiger partial charge < -0.3 is 20.1 Å². The highest BCUT2D eigenvalue weighted by Crippen LogP contribution is 2.42. The van der Waals surface area contributed by atoms with Gasteiger partial charge in [-0.05, 0) is 96.1 Å². The van der Waals surface area contributed by atoms with Gasteiger partial charge in [-0.15, -0.1) is 0 Å². The highest BCUT2D eigenvalue weighted by atomic mass is 15.1. The van der Waals surface area contributed by atoms with Crippen LogP contribution in [0.3, 0.4) is 0 Å². The average Bonchev–Trinajstić information content (AvgIpc) is 3.53. The number of benzene rings is 8. The molecule has 0 aliphatic rings. The van der Waals surface area contributed by atoms with E-state index >= 15 is 0 Å². The lowest BCUT2D eigenvalue weighted by atomic mass is 10.0. The summed E-state index contributed by atoms with van der Waals surface area (Å²) in [4.78, 5) is 2.35. The van der Waals surface area contributed by atoms with Crippen LogP contribution in [0, 0.1) is 0 Å². The van der Waals surface area contributed by atoms with E-state index in [-0.39, 0.29) is 0 Å². The van der Waals surface area contributed by atoms with Crippen LogP contribution in [-0.4, -0.2) is 4.57 Å². The Bertz CT molecular complexity index is 2540. The molecule has 0 amide bonds. The van der Waals surface area contributed by atoms with Gasteiger partial charge in [0.15, 0.2) is 0 Å². The maximum Gasteiger partial charge on any atom is 0.0561 e. The summed E-state index contributed by atoms with van der Waals surface area (Å²) in [5, 5.41) is 9.78. The second-order valence-electron chi connectivity index (χ2n) is 12.9. The van der Waals surface area contributed by atoms with E-state index in [4.69, 9.17) is 0 Å². The van der Waals surface area contributed by atoms with Gasteiger partial charge in [0.2, 0.25) is 0 Å². The van der Waals surface area contributed by atoms with Gasteiger partial charge in [-0.2, -0.15) is 0 Å². The van der Waals surface area contributed by atoms with Crippen molar-refractivity contribution < 1.29 is 0 Å². The van der Waals surface area contributed by atoms with Crippen molar-refractivity contribution in [3.05, 3.63) is 206 Å². The van der Waals surface area contributed by atoms with Crippen LogP contribution in [0.25, 0.3) is 38.6 Å². The Kier molecular flexibility index (Phi) is 8.16. The number of hydrogen-bond donors (Lipinski definition) is 2. The van der Waals surface area contributed by atoms with Gasteiger partial charge in [-0.25, -0.2) is 0 Å². The van der Waals surface area contributed by atoms with Crippen LogP contribution in [0.1, 0.15) is 0 Å². The van der Waals surface area contributed by atoms with Crippen molar-refractivity contribution in [2.75, 3.05) is 15.5 Å². The molecule has 52 heavy (non-hydrogen) atoms. The summed E-state index contributed by atoms with van der Waals surface area (Å²) in [6.07, 6.45) is 0. The summed E-state index contributed by atoms with van der Waals surface area (Å²) in [7, 11) is 0. The molecule has 9 aromatic rings. The number of rotatable bonds is 9. The van der Waals surface area contributed by atoms with E-state index in [0.717, 1.165) is 51.0 Å². The molecule has 2 N–H and O–H groups in total. The monoisotopic (exact) mass is 668 g/mol. The third-order valence-corrected chi connectivity index (χ3v) is 9.46. The first-order chi connectivity index (χ1) is 25.8. The zero-order chi connectivity index (χ0) is 34.7. The number of nitrogens with one attached hydrogen (secondary N) is 2. The van der Waals surface area contributed by atoms with Crippen molar-refractivity contribution in [1.29, 1.82) is 0 Å². The molecule has 4 nitrogen and oxygen atoms in total. The predicted molar refractivity (Wildman–Crippen MR) is 220 cm³/mol. The van der Waals surface area contributed by atoms with Crippen molar-refractivity contribution in [3.63, 3.8) is 0 Å². The number of aromatic nitrogens is 1. The maximum atomic E-state index is 3.67. The average molecular weight is 669 g/mol. The third-order valence-electron chi connectivity index (χ3n) is 9.46. The molecule has 9 rings (SSSR count). The molecule has 0 bridgehead atoms. The summed E-state index contributed by atoms with van der Waals surface area (Å²) in [5.74, 6) is 0. The van der Waals surface area contributed by atoms with Crippen molar-refractivity contribution in [1.82, 2.24) is 4.57 Å². The van der Waals surface area contributed by atoms with E-state index in [2.05, 4.69) is 214 Å². The maximum absolute atomic E-state index is 3.67. The topological polar surface area (TPSA) is 32.2 Å². The molecule has 0 atom stereocenters. The van der Waals surface area contributed by atoms with Crippen LogP contribution >= 0.6 is 0 Å². The lowest BCUT2D eigenvalue weighted by molar-refractivity contribution is 1.18. The van der Waals surface area contributed by atoms with E-state index in [0.29, 0.717) is 0 Å².